The molecule has 0 aliphatic rings. The van der Waals surface area contributed by atoms with Crippen LogP contribution in [0.3, 0.4) is 0 Å². The highest BCUT2D eigenvalue weighted by Gasteiger charge is 2.54. The van der Waals surface area contributed by atoms with Gasteiger partial charge in [0.15, 0.2) is 0 Å². The van der Waals surface area contributed by atoms with E-state index in [1.54, 1.807) is 0 Å². The maximum atomic E-state index is 13.4. The van der Waals surface area contributed by atoms with Crippen LogP contribution in [0, 0.1) is 5.41 Å². The van der Waals surface area contributed by atoms with Crippen molar-refractivity contribution in [2.24, 2.45) is 11.1 Å². The van der Waals surface area contributed by atoms with Gasteiger partial charge in [-0.05, 0) is 25.0 Å². The summed E-state index contributed by atoms with van der Waals surface area (Å²) in [6, 6.07) is 2.89. The predicted octanol–water partition coefficient (Wildman–Crippen LogP) is 4.25. The zero-order valence-electron chi connectivity index (χ0n) is 11.8. The first kappa shape index (κ1) is 18.3. The summed E-state index contributed by atoms with van der Waals surface area (Å²) < 4.78 is 78.2. The van der Waals surface area contributed by atoms with E-state index in [1.165, 1.54) is 6.92 Å². The molecule has 0 saturated carbocycles. The van der Waals surface area contributed by atoms with Gasteiger partial charge in [-0.3, -0.25) is 4.79 Å². The molecule has 1 rings (SSSR count). The van der Waals surface area contributed by atoms with Gasteiger partial charge in [0.25, 0.3) is 0 Å². The zero-order chi connectivity index (χ0) is 17.3. The number of carbonyl (C=O) groups is 1. The molecule has 0 aliphatic carbocycles. The first-order valence-corrected chi connectivity index (χ1v) is 6.37. The van der Waals surface area contributed by atoms with Crippen molar-refractivity contribution >= 4 is 5.91 Å². The minimum absolute atomic E-state index is 0.261. The van der Waals surface area contributed by atoms with E-state index >= 15 is 0 Å². The molecule has 22 heavy (non-hydrogen) atoms. The molecule has 2 N–H and O–H groups in total. The van der Waals surface area contributed by atoms with E-state index in [2.05, 4.69) is 0 Å². The molecule has 0 spiro atoms. The Morgan fingerprint density at radius 2 is 1.73 bits per heavy atom. The Bertz CT molecular complexity index is 551. The summed E-state index contributed by atoms with van der Waals surface area (Å²) in [5.74, 6) is -3.63. The van der Waals surface area contributed by atoms with Gasteiger partial charge in [0.2, 0.25) is 5.91 Å². The highest BCUT2D eigenvalue weighted by molar-refractivity contribution is 5.81. The summed E-state index contributed by atoms with van der Waals surface area (Å²) in [4.78, 5) is 11.5. The third-order valence-corrected chi connectivity index (χ3v) is 3.81. The average molecular weight is 327 g/mol. The van der Waals surface area contributed by atoms with Crippen LogP contribution in [-0.4, -0.2) is 12.1 Å². The molecule has 1 aromatic rings. The topological polar surface area (TPSA) is 43.1 Å². The lowest BCUT2D eigenvalue weighted by Gasteiger charge is -2.36. The molecule has 124 valence electrons. The van der Waals surface area contributed by atoms with Gasteiger partial charge in [0, 0.05) is 0 Å². The normalized spacial score (nSPS) is 16.9. The van der Waals surface area contributed by atoms with Gasteiger partial charge in [-0.1, -0.05) is 25.1 Å². The summed E-state index contributed by atoms with van der Waals surface area (Å²) in [6.45, 7) is 2.34. The summed E-state index contributed by atoms with van der Waals surface area (Å²) in [7, 11) is 0. The van der Waals surface area contributed by atoms with Gasteiger partial charge in [0.1, 0.15) is 0 Å². The van der Waals surface area contributed by atoms with Crippen LogP contribution in [-0.2, 0) is 11.0 Å². The number of alkyl halides is 6. The molecule has 0 saturated heterocycles. The Labute approximate surface area is 123 Å². The van der Waals surface area contributed by atoms with Gasteiger partial charge in [-0.25, -0.2) is 0 Å². The highest BCUT2D eigenvalue weighted by atomic mass is 19.4. The van der Waals surface area contributed by atoms with Crippen molar-refractivity contribution in [1.29, 1.82) is 0 Å². The largest absolute Gasteiger partial charge is 0.416 e. The molecule has 2 atom stereocenters. The van der Waals surface area contributed by atoms with Crippen LogP contribution < -0.4 is 5.73 Å². The van der Waals surface area contributed by atoms with E-state index in [9.17, 15) is 31.1 Å². The van der Waals surface area contributed by atoms with Gasteiger partial charge in [-0.15, -0.1) is 0 Å². The Morgan fingerprint density at radius 3 is 2.09 bits per heavy atom. The lowest BCUT2D eigenvalue weighted by molar-refractivity contribution is -0.181. The molecule has 2 unspecified atom stereocenters. The van der Waals surface area contributed by atoms with Crippen LogP contribution in [0.5, 0.6) is 0 Å². The lowest BCUT2D eigenvalue weighted by atomic mass is 9.70. The van der Waals surface area contributed by atoms with E-state index in [-0.39, 0.29) is 6.42 Å². The number of benzene rings is 1. The predicted molar refractivity (Wildman–Crippen MR) is 67.8 cm³/mol. The minimum atomic E-state index is -4.91. The second kappa shape index (κ2) is 5.81. The van der Waals surface area contributed by atoms with Crippen molar-refractivity contribution < 1.29 is 31.1 Å². The maximum Gasteiger partial charge on any atom is 0.416 e. The standard InChI is InChI=1S/C14H15F6NO/c1-3-12(2,11(21)22)10(14(18,19)20)8-5-4-6-9(7-8)13(15,16)17/h4-7,10H,3H2,1-2H3,(H2,21,22). The van der Waals surface area contributed by atoms with Gasteiger partial charge in [0.05, 0.1) is 16.9 Å². The van der Waals surface area contributed by atoms with Crippen LogP contribution in [0.2, 0.25) is 0 Å². The third-order valence-electron chi connectivity index (χ3n) is 3.81. The third kappa shape index (κ3) is 3.53. The number of carbonyl (C=O) groups excluding carboxylic acids is 1. The van der Waals surface area contributed by atoms with Crippen LogP contribution >= 0.6 is 0 Å². The summed E-state index contributed by atoms with van der Waals surface area (Å²) >= 11 is 0. The van der Waals surface area contributed by atoms with Gasteiger partial charge < -0.3 is 5.73 Å². The first-order valence-electron chi connectivity index (χ1n) is 6.37. The van der Waals surface area contributed by atoms with Crippen LogP contribution in [0.15, 0.2) is 24.3 Å². The van der Waals surface area contributed by atoms with Crippen LogP contribution in [0.25, 0.3) is 0 Å². The Balaban J connectivity index is 3.52. The molecule has 1 aromatic carbocycles. The lowest BCUT2D eigenvalue weighted by Crippen LogP contribution is -2.45. The SMILES string of the molecule is CCC(C)(C(N)=O)C(c1cccc(C(F)(F)F)c1)C(F)(F)F. The van der Waals surface area contributed by atoms with Crippen molar-refractivity contribution in [1.82, 2.24) is 0 Å². The molecule has 1 amide bonds. The number of primary amides is 1. The fourth-order valence-corrected chi connectivity index (χ4v) is 2.33. The molecular weight excluding hydrogens is 312 g/mol. The van der Waals surface area contributed by atoms with Crippen molar-refractivity contribution in [3.63, 3.8) is 0 Å². The number of hydrogen-bond acceptors (Lipinski definition) is 1. The number of hydrogen-bond donors (Lipinski definition) is 1. The smallest absolute Gasteiger partial charge is 0.369 e. The molecular formula is C14H15F6NO. The van der Waals surface area contributed by atoms with Gasteiger partial charge >= 0.3 is 12.4 Å². The molecule has 0 fully saturated rings. The van der Waals surface area contributed by atoms with E-state index < -0.39 is 40.7 Å². The number of halogens is 6. The Kier molecular flexibility index (Phi) is 4.84. The number of amides is 1. The first-order chi connectivity index (χ1) is 9.84. The maximum absolute atomic E-state index is 13.4. The second-order valence-electron chi connectivity index (χ2n) is 5.23. The average Bonchev–Trinajstić information content (AvgIpc) is 2.36. The minimum Gasteiger partial charge on any atom is -0.369 e. The van der Waals surface area contributed by atoms with Crippen molar-refractivity contribution in [3.8, 4) is 0 Å². The van der Waals surface area contributed by atoms with Crippen LogP contribution in [0.1, 0.15) is 37.3 Å². The number of nitrogens with two attached hydrogens (primary N) is 1. The van der Waals surface area contributed by atoms with Crippen molar-refractivity contribution in [2.75, 3.05) is 0 Å². The van der Waals surface area contributed by atoms with E-state index in [4.69, 9.17) is 5.73 Å². The Morgan fingerprint density at radius 1 is 1.18 bits per heavy atom. The molecule has 0 aliphatic heterocycles. The fourth-order valence-electron chi connectivity index (χ4n) is 2.33. The molecule has 0 radical (unpaired) electrons. The summed E-state index contributed by atoms with van der Waals surface area (Å²) in [5, 5.41) is 0. The summed E-state index contributed by atoms with van der Waals surface area (Å²) in [5.41, 5.74) is 1.20. The summed E-state index contributed by atoms with van der Waals surface area (Å²) in [6.07, 6.45) is -9.95. The molecule has 0 heterocycles. The molecule has 8 heteroatoms. The van der Waals surface area contributed by atoms with E-state index in [0.29, 0.717) is 12.1 Å². The second-order valence-corrected chi connectivity index (χ2v) is 5.23. The van der Waals surface area contributed by atoms with Gasteiger partial charge in [-0.2, -0.15) is 26.3 Å². The van der Waals surface area contributed by atoms with Crippen molar-refractivity contribution in [2.45, 2.75) is 38.5 Å². The monoisotopic (exact) mass is 327 g/mol. The molecule has 0 bridgehead atoms. The van der Waals surface area contributed by atoms with Crippen LogP contribution in [0.4, 0.5) is 26.3 Å². The van der Waals surface area contributed by atoms with E-state index in [0.717, 1.165) is 19.1 Å². The highest BCUT2D eigenvalue weighted by Crippen LogP contribution is 2.49. The number of rotatable bonds is 4. The zero-order valence-corrected chi connectivity index (χ0v) is 11.8. The fraction of sp³-hybridized carbons (Fsp3) is 0.500. The molecule has 0 aromatic heterocycles. The quantitative estimate of drug-likeness (QED) is 0.825. The van der Waals surface area contributed by atoms with Crippen molar-refractivity contribution in [3.05, 3.63) is 35.4 Å². The Hall–Kier alpha value is -1.73. The van der Waals surface area contributed by atoms with E-state index in [1.807, 2.05) is 0 Å². The molecule has 2 nitrogen and oxygen atoms in total.